The molecule has 1 aromatic carbocycles. The fraction of sp³-hybridized carbons (Fsp3) is 0.368. The summed E-state index contributed by atoms with van der Waals surface area (Å²) in [6.45, 7) is 1.81. The highest BCUT2D eigenvalue weighted by Gasteiger charge is 2.44. The Morgan fingerprint density at radius 1 is 1.08 bits per heavy atom. The number of ether oxygens (including phenoxy) is 2. The van der Waals surface area contributed by atoms with E-state index in [1.165, 1.54) is 6.26 Å². The van der Waals surface area contributed by atoms with Crippen LogP contribution >= 0.6 is 0 Å². The summed E-state index contributed by atoms with van der Waals surface area (Å²) in [7, 11) is 0. The van der Waals surface area contributed by atoms with Gasteiger partial charge in [0.05, 0.1) is 32.6 Å². The van der Waals surface area contributed by atoms with Crippen LogP contribution < -0.4 is 4.90 Å². The van der Waals surface area contributed by atoms with Crippen molar-refractivity contribution in [2.45, 2.75) is 5.60 Å². The first-order chi connectivity index (χ1) is 12.7. The molecule has 7 heteroatoms. The van der Waals surface area contributed by atoms with Gasteiger partial charge in [0.2, 0.25) is 0 Å². The Labute approximate surface area is 151 Å². The highest BCUT2D eigenvalue weighted by Crippen LogP contribution is 2.27. The molecule has 26 heavy (non-hydrogen) atoms. The number of hydrogen-bond donors (Lipinski definition) is 0. The molecule has 0 saturated carbocycles. The minimum absolute atomic E-state index is 0.0406. The molecule has 3 heterocycles. The summed E-state index contributed by atoms with van der Waals surface area (Å²) < 4.78 is 16.9. The Morgan fingerprint density at radius 2 is 1.92 bits per heavy atom. The Bertz CT molecular complexity index is 776. The molecule has 2 aromatic rings. The standard InChI is InChI=1S/C19H20N2O5/c22-17-11-26-19(13-21(17)15-5-2-1-3-6-15)12-20(8-10-24-14-19)18(23)16-7-4-9-25-16/h1-7,9H,8,10-14H2. The molecular weight excluding hydrogens is 336 g/mol. The molecule has 136 valence electrons. The number of anilines is 1. The molecule has 1 spiro atoms. The van der Waals surface area contributed by atoms with E-state index >= 15 is 0 Å². The van der Waals surface area contributed by atoms with E-state index in [2.05, 4.69) is 0 Å². The van der Waals surface area contributed by atoms with Crippen molar-refractivity contribution in [1.82, 2.24) is 4.90 Å². The van der Waals surface area contributed by atoms with Crippen LogP contribution in [0, 0.1) is 0 Å². The molecule has 7 nitrogen and oxygen atoms in total. The van der Waals surface area contributed by atoms with Gasteiger partial charge in [-0.3, -0.25) is 9.59 Å². The van der Waals surface area contributed by atoms with E-state index in [1.54, 1.807) is 21.9 Å². The molecule has 0 N–H and O–H groups in total. The first-order valence-corrected chi connectivity index (χ1v) is 8.57. The van der Waals surface area contributed by atoms with Gasteiger partial charge in [0, 0.05) is 12.2 Å². The van der Waals surface area contributed by atoms with Crippen LogP contribution in [-0.2, 0) is 14.3 Å². The zero-order valence-electron chi connectivity index (χ0n) is 14.3. The normalized spacial score (nSPS) is 23.9. The van der Waals surface area contributed by atoms with Crippen LogP contribution in [0.15, 0.2) is 53.1 Å². The second kappa shape index (κ2) is 6.93. The first-order valence-electron chi connectivity index (χ1n) is 8.57. The van der Waals surface area contributed by atoms with Crippen molar-refractivity contribution in [1.29, 1.82) is 0 Å². The minimum atomic E-state index is -0.761. The largest absolute Gasteiger partial charge is 0.459 e. The topological polar surface area (TPSA) is 72.2 Å². The maximum absolute atomic E-state index is 12.7. The van der Waals surface area contributed by atoms with Crippen LogP contribution in [0.4, 0.5) is 5.69 Å². The number of carbonyl (C=O) groups is 2. The Kier molecular flexibility index (Phi) is 4.48. The first kappa shape index (κ1) is 16.8. The van der Waals surface area contributed by atoms with Gasteiger partial charge in [0.1, 0.15) is 12.2 Å². The summed E-state index contributed by atoms with van der Waals surface area (Å²) in [5.41, 5.74) is 0.0519. The van der Waals surface area contributed by atoms with E-state index in [1.807, 2.05) is 30.3 Å². The lowest BCUT2D eigenvalue weighted by Crippen LogP contribution is -2.61. The van der Waals surface area contributed by atoms with Crippen molar-refractivity contribution in [2.75, 3.05) is 44.4 Å². The van der Waals surface area contributed by atoms with Crippen molar-refractivity contribution >= 4 is 17.5 Å². The molecule has 0 aliphatic carbocycles. The third-order valence-electron chi connectivity index (χ3n) is 4.69. The fourth-order valence-electron chi connectivity index (χ4n) is 3.38. The van der Waals surface area contributed by atoms with Crippen LogP contribution in [0.1, 0.15) is 10.6 Å². The van der Waals surface area contributed by atoms with Gasteiger partial charge < -0.3 is 23.7 Å². The quantitative estimate of drug-likeness (QED) is 0.816. The predicted octanol–water partition coefficient (Wildman–Crippen LogP) is 1.55. The highest BCUT2D eigenvalue weighted by molar-refractivity contribution is 5.95. The van der Waals surface area contributed by atoms with Crippen LogP contribution in [0.5, 0.6) is 0 Å². The number of furan rings is 1. The lowest BCUT2D eigenvalue weighted by atomic mass is 10.0. The Morgan fingerprint density at radius 3 is 2.69 bits per heavy atom. The Hall–Kier alpha value is -2.64. The maximum atomic E-state index is 12.7. The number of nitrogens with zero attached hydrogens (tertiary/aromatic N) is 2. The summed E-state index contributed by atoms with van der Waals surface area (Å²) in [5, 5.41) is 0. The minimum Gasteiger partial charge on any atom is -0.459 e. The molecule has 2 fully saturated rings. The number of rotatable bonds is 2. The number of carbonyl (C=O) groups excluding carboxylic acids is 2. The van der Waals surface area contributed by atoms with E-state index in [0.29, 0.717) is 32.8 Å². The summed E-state index contributed by atoms with van der Waals surface area (Å²) in [6.07, 6.45) is 1.48. The van der Waals surface area contributed by atoms with Crippen molar-refractivity contribution in [3.05, 3.63) is 54.5 Å². The molecule has 2 aliphatic heterocycles. The SMILES string of the molecule is O=C(c1ccco1)N1CCOCC2(C1)CN(c1ccccc1)C(=O)CO2. The molecule has 4 rings (SSSR count). The maximum Gasteiger partial charge on any atom is 0.289 e. The van der Waals surface area contributed by atoms with Gasteiger partial charge in [-0.15, -0.1) is 0 Å². The van der Waals surface area contributed by atoms with Gasteiger partial charge in [-0.1, -0.05) is 18.2 Å². The lowest BCUT2D eigenvalue weighted by molar-refractivity contribution is -0.145. The number of morpholine rings is 1. The van der Waals surface area contributed by atoms with Crippen LogP contribution in [0.2, 0.25) is 0 Å². The van der Waals surface area contributed by atoms with Crippen molar-refractivity contribution in [2.24, 2.45) is 0 Å². The number of hydrogen-bond acceptors (Lipinski definition) is 5. The highest BCUT2D eigenvalue weighted by atomic mass is 16.6. The smallest absolute Gasteiger partial charge is 0.289 e. The number of benzene rings is 1. The van der Waals surface area contributed by atoms with Gasteiger partial charge in [-0.2, -0.15) is 0 Å². The summed E-state index contributed by atoms with van der Waals surface area (Å²) in [4.78, 5) is 28.4. The second-order valence-corrected chi connectivity index (χ2v) is 6.54. The fourth-order valence-corrected chi connectivity index (χ4v) is 3.38. The third kappa shape index (κ3) is 3.23. The number of amides is 2. The summed E-state index contributed by atoms with van der Waals surface area (Å²) >= 11 is 0. The van der Waals surface area contributed by atoms with Gasteiger partial charge in [-0.25, -0.2) is 0 Å². The molecule has 2 saturated heterocycles. The van der Waals surface area contributed by atoms with E-state index in [-0.39, 0.29) is 24.2 Å². The average molecular weight is 356 g/mol. The van der Waals surface area contributed by atoms with E-state index < -0.39 is 5.60 Å². The van der Waals surface area contributed by atoms with Crippen LogP contribution in [0.25, 0.3) is 0 Å². The average Bonchev–Trinajstić information content (AvgIpc) is 3.13. The van der Waals surface area contributed by atoms with E-state index in [9.17, 15) is 9.59 Å². The monoisotopic (exact) mass is 356 g/mol. The lowest BCUT2D eigenvalue weighted by Gasteiger charge is -2.42. The summed E-state index contributed by atoms with van der Waals surface area (Å²) in [5.74, 6) is -0.0181. The van der Waals surface area contributed by atoms with Gasteiger partial charge in [0.15, 0.2) is 5.76 Å². The second-order valence-electron chi connectivity index (χ2n) is 6.54. The molecule has 1 aromatic heterocycles. The van der Waals surface area contributed by atoms with Crippen LogP contribution in [0.3, 0.4) is 0 Å². The molecule has 0 bridgehead atoms. The van der Waals surface area contributed by atoms with Gasteiger partial charge in [0.25, 0.3) is 11.8 Å². The zero-order chi connectivity index (χ0) is 18.0. The van der Waals surface area contributed by atoms with Crippen molar-refractivity contribution in [3.63, 3.8) is 0 Å². The summed E-state index contributed by atoms with van der Waals surface area (Å²) in [6, 6.07) is 12.8. The van der Waals surface area contributed by atoms with Crippen LogP contribution in [-0.4, -0.2) is 61.8 Å². The molecule has 1 atom stereocenters. The van der Waals surface area contributed by atoms with E-state index in [0.717, 1.165) is 5.69 Å². The van der Waals surface area contributed by atoms with Crippen molar-refractivity contribution in [3.8, 4) is 0 Å². The molecule has 2 amide bonds. The molecule has 1 unspecified atom stereocenters. The third-order valence-corrected chi connectivity index (χ3v) is 4.69. The zero-order valence-corrected chi connectivity index (χ0v) is 14.3. The molecular formula is C19H20N2O5. The Balaban J connectivity index is 1.57. The van der Waals surface area contributed by atoms with Gasteiger partial charge in [-0.05, 0) is 24.3 Å². The number of para-hydroxylation sites is 1. The molecule has 2 aliphatic rings. The van der Waals surface area contributed by atoms with Gasteiger partial charge >= 0.3 is 0 Å². The molecule has 0 radical (unpaired) electrons. The predicted molar refractivity (Wildman–Crippen MR) is 92.9 cm³/mol. The van der Waals surface area contributed by atoms with E-state index in [4.69, 9.17) is 13.9 Å². The van der Waals surface area contributed by atoms with Crippen molar-refractivity contribution < 1.29 is 23.5 Å².